The molecule has 2 aliphatic heterocycles. The van der Waals surface area contributed by atoms with Crippen molar-refractivity contribution in [2.24, 2.45) is 5.92 Å². The third-order valence-corrected chi connectivity index (χ3v) is 6.38. The number of thioether (sulfide) groups is 1. The molecule has 26 heavy (non-hydrogen) atoms. The highest BCUT2D eigenvalue weighted by atomic mass is 32.2. The maximum absolute atomic E-state index is 12.7. The van der Waals surface area contributed by atoms with Crippen molar-refractivity contribution < 1.29 is 9.59 Å². The highest BCUT2D eigenvalue weighted by molar-refractivity contribution is 7.98. The molecule has 0 radical (unpaired) electrons. The van der Waals surface area contributed by atoms with E-state index in [-0.39, 0.29) is 17.9 Å². The summed E-state index contributed by atoms with van der Waals surface area (Å²) in [6, 6.07) is 7.69. The first-order chi connectivity index (χ1) is 12.6. The van der Waals surface area contributed by atoms with Gasteiger partial charge in [-0.3, -0.25) is 14.5 Å². The van der Waals surface area contributed by atoms with Gasteiger partial charge in [-0.05, 0) is 64.1 Å². The summed E-state index contributed by atoms with van der Waals surface area (Å²) in [4.78, 5) is 30.5. The number of amides is 2. The quantitative estimate of drug-likeness (QED) is 0.804. The van der Waals surface area contributed by atoms with Crippen LogP contribution >= 0.6 is 11.8 Å². The monoisotopic (exact) mass is 375 g/mol. The highest BCUT2D eigenvalue weighted by Crippen LogP contribution is 2.26. The van der Waals surface area contributed by atoms with E-state index in [9.17, 15) is 9.59 Å². The fourth-order valence-electron chi connectivity index (χ4n) is 3.88. The minimum atomic E-state index is -0.187. The van der Waals surface area contributed by atoms with E-state index >= 15 is 0 Å². The number of carbonyl (C=O) groups excluding carboxylic acids is 2. The summed E-state index contributed by atoms with van der Waals surface area (Å²) < 4.78 is 0. The second-order valence-electron chi connectivity index (χ2n) is 7.21. The Balaban J connectivity index is 1.52. The van der Waals surface area contributed by atoms with Crippen molar-refractivity contribution in [3.63, 3.8) is 0 Å². The van der Waals surface area contributed by atoms with Crippen molar-refractivity contribution in [1.82, 2.24) is 9.80 Å². The van der Waals surface area contributed by atoms with Crippen molar-refractivity contribution in [2.75, 3.05) is 37.8 Å². The average molecular weight is 376 g/mol. The van der Waals surface area contributed by atoms with Crippen molar-refractivity contribution in [1.29, 1.82) is 0 Å². The van der Waals surface area contributed by atoms with Gasteiger partial charge in [0.25, 0.3) is 0 Å². The summed E-state index contributed by atoms with van der Waals surface area (Å²) in [5, 5.41) is 3.06. The molecule has 3 rings (SSSR count). The van der Waals surface area contributed by atoms with Gasteiger partial charge >= 0.3 is 0 Å². The molecule has 1 N–H and O–H groups in total. The van der Waals surface area contributed by atoms with Crippen LogP contribution in [0.2, 0.25) is 0 Å². The average Bonchev–Trinajstić information content (AvgIpc) is 3.22. The van der Waals surface area contributed by atoms with Gasteiger partial charge in [-0.1, -0.05) is 12.1 Å². The number of nitrogens with one attached hydrogen (secondary N) is 1. The molecule has 2 saturated heterocycles. The van der Waals surface area contributed by atoms with Gasteiger partial charge in [0.1, 0.15) is 0 Å². The number of rotatable bonds is 5. The molecule has 1 aromatic rings. The van der Waals surface area contributed by atoms with E-state index in [4.69, 9.17) is 0 Å². The lowest BCUT2D eigenvalue weighted by molar-refractivity contribution is -0.136. The molecule has 0 aromatic heterocycles. The van der Waals surface area contributed by atoms with Crippen LogP contribution in [0.25, 0.3) is 0 Å². The first kappa shape index (κ1) is 19.2. The molecule has 1 atom stereocenters. The van der Waals surface area contributed by atoms with Crippen molar-refractivity contribution >= 4 is 29.3 Å². The Morgan fingerprint density at radius 3 is 2.42 bits per heavy atom. The smallest absolute Gasteiger partial charge is 0.241 e. The largest absolute Gasteiger partial charge is 0.342 e. The number of anilines is 1. The van der Waals surface area contributed by atoms with E-state index in [1.807, 2.05) is 42.3 Å². The first-order valence-electron chi connectivity index (χ1n) is 9.57. The molecular weight excluding hydrogens is 346 g/mol. The molecule has 2 fully saturated rings. The van der Waals surface area contributed by atoms with E-state index in [0.717, 1.165) is 62.4 Å². The summed E-state index contributed by atoms with van der Waals surface area (Å²) in [7, 11) is 0. The van der Waals surface area contributed by atoms with Crippen molar-refractivity contribution in [3.8, 4) is 0 Å². The molecule has 1 unspecified atom stereocenters. The van der Waals surface area contributed by atoms with Crippen LogP contribution in [0.1, 0.15) is 32.6 Å². The number of hydrogen-bond donors (Lipinski definition) is 1. The molecule has 0 bridgehead atoms. The predicted octanol–water partition coefficient (Wildman–Crippen LogP) is 3.07. The SMILES string of the molecule is CSc1ccccc1NC(=O)C(C)N1CCC(C(=O)N2CCCC2)CC1. The Labute approximate surface area is 160 Å². The van der Waals surface area contributed by atoms with Crippen molar-refractivity contribution in [3.05, 3.63) is 24.3 Å². The number of hydrogen-bond acceptors (Lipinski definition) is 4. The Kier molecular flexibility index (Phi) is 6.59. The summed E-state index contributed by atoms with van der Waals surface area (Å²) in [6.45, 7) is 5.42. The number of benzene rings is 1. The second kappa shape index (κ2) is 8.91. The molecule has 6 heteroatoms. The zero-order chi connectivity index (χ0) is 18.5. The Morgan fingerprint density at radius 1 is 1.12 bits per heavy atom. The minimum Gasteiger partial charge on any atom is -0.342 e. The first-order valence-corrected chi connectivity index (χ1v) is 10.8. The molecule has 142 valence electrons. The molecule has 0 aliphatic carbocycles. The molecule has 2 amide bonds. The maximum atomic E-state index is 12.7. The summed E-state index contributed by atoms with van der Waals surface area (Å²) in [6.07, 6.45) is 6.00. The van der Waals surface area contributed by atoms with Crippen LogP contribution in [0.3, 0.4) is 0 Å². The van der Waals surface area contributed by atoms with Gasteiger partial charge < -0.3 is 10.2 Å². The molecule has 2 heterocycles. The molecule has 0 saturated carbocycles. The zero-order valence-electron chi connectivity index (χ0n) is 15.7. The van der Waals surface area contributed by atoms with Gasteiger partial charge in [0.05, 0.1) is 11.7 Å². The lowest BCUT2D eigenvalue weighted by Gasteiger charge is -2.36. The van der Waals surface area contributed by atoms with E-state index in [1.165, 1.54) is 0 Å². The van der Waals surface area contributed by atoms with Gasteiger partial charge in [-0.2, -0.15) is 0 Å². The van der Waals surface area contributed by atoms with Gasteiger partial charge in [-0.25, -0.2) is 0 Å². The lowest BCUT2D eigenvalue weighted by atomic mass is 9.94. The molecule has 1 aromatic carbocycles. The fraction of sp³-hybridized carbons (Fsp3) is 0.600. The third-order valence-electron chi connectivity index (χ3n) is 5.59. The highest BCUT2D eigenvalue weighted by Gasteiger charge is 2.32. The van der Waals surface area contributed by atoms with Gasteiger partial charge in [-0.15, -0.1) is 11.8 Å². The molecular formula is C20H29N3O2S. The van der Waals surface area contributed by atoms with Gasteiger partial charge in [0.15, 0.2) is 0 Å². The molecule has 0 spiro atoms. The van der Waals surface area contributed by atoms with Crippen molar-refractivity contribution in [2.45, 2.75) is 43.5 Å². The van der Waals surface area contributed by atoms with Crippen LogP contribution in [0.15, 0.2) is 29.2 Å². The molecule has 5 nitrogen and oxygen atoms in total. The number of piperidine rings is 1. The topological polar surface area (TPSA) is 52.7 Å². The van der Waals surface area contributed by atoms with E-state index in [2.05, 4.69) is 10.2 Å². The number of nitrogens with zero attached hydrogens (tertiary/aromatic N) is 2. The summed E-state index contributed by atoms with van der Waals surface area (Å²) in [5.74, 6) is 0.487. The number of para-hydroxylation sites is 1. The third kappa shape index (κ3) is 4.41. The predicted molar refractivity (Wildman–Crippen MR) is 106 cm³/mol. The maximum Gasteiger partial charge on any atom is 0.241 e. The zero-order valence-corrected chi connectivity index (χ0v) is 16.6. The van der Waals surface area contributed by atoms with Crippen LogP contribution < -0.4 is 5.32 Å². The number of carbonyl (C=O) groups is 2. The summed E-state index contributed by atoms with van der Waals surface area (Å²) >= 11 is 1.63. The normalized spacial score (nSPS) is 20.2. The van der Waals surface area contributed by atoms with Gasteiger partial charge in [0.2, 0.25) is 11.8 Å². The lowest BCUT2D eigenvalue weighted by Crippen LogP contribution is -2.48. The minimum absolute atomic E-state index is 0.0239. The summed E-state index contributed by atoms with van der Waals surface area (Å²) in [5.41, 5.74) is 0.871. The Hall–Kier alpha value is -1.53. The van der Waals surface area contributed by atoms with Gasteiger partial charge in [0, 0.05) is 23.9 Å². The Bertz CT molecular complexity index is 638. The van der Waals surface area contributed by atoms with Crippen LogP contribution in [0.5, 0.6) is 0 Å². The van der Waals surface area contributed by atoms with Crippen LogP contribution in [0.4, 0.5) is 5.69 Å². The van der Waals surface area contributed by atoms with Crippen LogP contribution in [-0.4, -0.2) is 60.1 Å². The van der Waals surface area contributed by atoms with Crippen LogP contribution in [-0.2, 0) is 9.59 Å². The number of likely N-dealkylation sites (tertiary alicyclic amines) is 2. The van der Waals surface area contributed by atoms with E-state index < -0.39 is 0 Å². The standard InChI is InChI=1S/C20H29N3O2S/c1-15(19(24)21-17-7-3-4-8-18(17)26-2)22-13-9-16(10-14-22)20(25)23-11-5-6-12-23/h3-4,7-8,15-16H,5-6,9-14H2,1-2H3,(H,21,24). The van der Waals surface area contributed by atoms with E-state index in [0.29, 0.717) is 5.91 Å². The molecule has 2 aliphatic rings. The second-order valence-corrected chi connectivity index (χ2v) is 8.06. The Morgan fingerprint density at radius 2 is 1.77 bits per heavy atom. The van der Waals surface area contributed by atoms with Crippen LogP contribution in [0, 0.1) is 5.92 Å². The van der Waals surface area contributed by atoms with E-state index in [1.54, 1.807) is 11.8 Å². The fourth-order valence-corrected chi connectivity index (χ4v) is 4.43.